The monoisotopic (exact) mass is 533 g/mol. The summed E-state index contributed by atoms with van der Waals surface area (Å²) < 4.78 is 0. The Morgan fingerprint density at radius 3 is 1.94 bits per heavy atom. The van der Waals surface area contributed by atoms with Gasteiger partial charge in [-0.15, -0.1) is 37.2 Å². The van der Waals surface area contributed by atoms with Crippen LogP contribution in [0.4, 0.5) is 5.69 Å². The van der Waals surface area contributed by atoms with E-state index in [1.807, 2.05) is 19.9 Å². The second-order valence-electron chi connectivity index (χ2n) is 8.41. The smallest absolute Gasteiger partial charge is 0.103 e. The Kier molecular flexibility index (Phi) is 13.1. The first-order valence-electron chi connectivity index (χ1n) is 11.3. The number of hydrogen-bond acceptors (Lipinski definition) is 5. The molecule has 8 heteroatoms. The molecule has 4 rings (SSSR count). The van der Waals surface area contributed by atoms with Gasteiger partial charge in [0, 0.05) is 45.0 Å². The zero-order chi connectivity index (χ0) is 22.3. The summed E-state index contributed by atoms with van der Waals surface area (Å²) in [6, 6.07) is 26.2. The molecule has 5 nitrogen and oxygen atoms in total. The number of nitriles is 1. The van der Waals surface area contributed by atoms with Crippen molar-refractivity contribution in [3.8, 4) is 6.07 Å². The molecule has 1 saturated heterocycles. The van der Waals surface area contributed by atoms with Crippen LogP contribution in [0.1, 0.15) is 34.1 Å². The molecule has 1 N–H and O–H groups in total. The first kappa shape index (κ1) is 30.7. The zero-order valence-electron chi connectivity index (χ0n) is 20.2. The minimum absolute atomic E-state index is 0. The van der Waals surface area contributed by atoms with Gasteiger partial charge in [-0.05, 0) is 31.0 Å². The van der Waals surface area contributed by atoms with E-state index in [1.165, 1.54) is 11.1 Å². The first-order chi connectivity index (χ1) is 15.7. The van der Waals surface area contributed by atoms with Crippen LogP contribution in [0.25, 0.3) is 0 Å². The molecule has 2 heterocycles. The average molecular weight is 535 g/mol. The Hall–Kier alpha value is -2.33. The zero-order valence-corrected chi connectivity index (χ0v) is 22.6. The fourth-order valence-corrected chi connectivity index (χ4v) is 4.59. The molecule has 0 atom stereocenters. The SMILES string of the molecule is Cc1cc(NCCN2CCN(C(c3ccccc3)c3ccccc3)CC2)c(C#N)c(C)n1.Cl.Cl.Cl. The summed E-state index contributed by atoms with van der Waals surface area (Å²) in [7, 11) is 0. The van der Waals surface area contributed by atoms with Crippen molar-refractivity contribution in [3.05, 3.63) is 94.8 Å². The van der Waals surface area contributed by atoms with E-state index < -0.39 is 0 Å². The summed E-state index contributed by atoms with van der Waals surface area (Å²) in [5.74, 6) is 0. The molecule has 3 aromatic rings. The highest BCUT2D eigenvalue weighted by Gasteiger charge is 2.26. The number of rotatable bonds is 7. The van der Waals surface area contributed by atoms with Crippen LogP contribution in [0.15, 0.2) is 66.7 Å². The van der Waals surface area contributed by atoms with E-state index in [-0.39, 0.29) is 37.2 Å². The maximum atomic E-state index is 9.46. The van der Waals surface area contributed by atoms with Crippen LogP contribution in [-0.2, 0) is 0 Å². The number of aromatic nitrogens is 1. The quantitative estimate of drug-likeness (QED) is 0.424. The standard InChI is InChI=1S/C27H31N5.3ClH/c1-21-19-26(25(20-28)22(2)30-21)29-13-14-31-15-17-32(18-16-31)27(23-9-5-3-6-10-23)24-11-7-4-8-12-24;;;/h3-12,19,27H,13-18H2,1-2H3,(H,29,30);3*1H. The van der Waals surface area contributed by atoms with E-state index in [4.69, 9.17) is 0 Å². The highest BCUT2D eigenvalue weighted by atomic mass is 35.5. The Morgan fingerprint density at radius 1 is 0.886 bits per heavy atom. The van der Waals surface area contributed by atoms with Crippen molar-refractivity contribution in [2.45, 2.75) is 19.9 Å². The summed E-state index contributed by atoms with van der Waals surface area (Å²) in [5.41, 5.74) is 5.96. The Bertz CT molecular complexity index is 1030. The van der Waals surface area contributed by atoms with Crippen LogP contribution in [-0.4, -0.2) is 54.1 Å². The van der Waals surface area contributed by atoms with E-state index in [1.54, 1.807) is 0 Å². The topological polar surface area (TPSA) is 55.2 Å². The van der Waals surface area contributed by atoms with E-state index >= 15 is 0 Å². The van der Waals surface area contributed by atoms with Gasteiger partial charge in [0.25, 0.3) is 0 Å². The lowest BCUT2D eigenvalue weighted by molar-refractivity contribution is 0.112. The fraction of sp³-hybridized carbons (Fsp3) is 0.333. The molecule has 0 unspecified atom stereocenters. The molecule has 35 heavy (non-hydrogen) atoms. The summed E-state index contributed by atoms with van der Waals surface area (Å²) >= 11 is 0. The largest absolute Gasteiger partial charge is 0.383 e. The number of benzene rings is 2. The maximum Gasteiger partial charge on any atom is 0.103 e. The van der Waals surface area contributed by atoms with Gasteiger partial charge in [0.15, 0.2) is 0 Å². The molecule has 1 fully saturated rings. The van der Waals surface area contributed by atoms with E-state index in [0.29, 0.717) is 11.6 Å². The normalized spacial score (nSPS) is 13.7. The molecule has 0 radical (unpaired) electrons. The van der Waals surface area contributed by atoms with Crippen molar-refractivity contribution in [2.24, 2.45) is 0 Å². The molecule has 0 aliphatic carbocycles. The average Bonchev–Trinajstić information content (AvgIpc) is 2.81. The van der Waals surface area contributed by atoms with Gasteiger partial charge in [-0.2, -0.15) is 5.26 Å². The summed E-state index contributed by atoms with van der Waals surface area (Å²) in [6.45, 7) is 9.78. The Labute approximate surface area is 227 Å². The number of nitrogens with one attached hydrogen (secondary N) is 1. The minimum Gasteiger partial charge on any atom is -0.383 e. The van der Waals surface area contributed by atoms with Crippen molar-refractivity contribution < 1.29 is 0 Å². The molecule has 1 aromatic heterocycles. The lowest BCUT2D eigenvalue weighted by atomic mass is 9.96. The van der Waals surface area contributed by atoms with E-state index in [2.05, 4.69) is 86.8 Å². The Balaban J connectivity index is 0.00000204. The molecule has 0 spiro atoms. The molecule has 0 saturated carbocycles. The van der Waals surface area contributed by atoms with Crippen molar-refractivity contribution in [1.29, 1.82) is 5.26 Å². The van der Waals surface area contributed by atoms with Crippen molar-refractivity contribution in [2.75, 3.05) is 44.6 Å². The number of anilines is 1. The number of aryl methyl sites for hydroxylation is 2. The van der Waals surface area contributed by atoms with Gasteiger partial charge in [-0.3, -0.25) is 14.8 Å². The van der Waals surface area contributed by atoms with Gasteiger partial charge in [0.2, 0.25) is 0 Å². The predicted molar refractivity (Wildman–Crippen MR) is 151 cm³/mol. The minimum atomic E-state index is 0. The molecule has 188 valence electrons. The second-order valence-corrected chi connectivity index (χ2v) is 8.41. The molecule has 0 bridgehead atoms. The number of pyridine rings is 1. The molecule has 1 aliphatic rings. The molecule has 2 aromatic carbocycles. The number of nitrogens with zero attached hydrogens (tertiary/aromatic N) is 4. The van der Waals surface area contributed by atoms with Crippen LogP contribution in [0, 0.1) is 25.2 Å². The lowest BCUT2D eigenvalue weighted by Gasteiger charge is -2.40. The summed E-state index contributed by atoms with van der Waals surface area (Å²) in [4.78, 5) is 9.50. The Morgan fingerprint density at radius 2 is 1.43 bits per heavy atom. The second kappa shape index (κ2) is 14.9. The van der Waals surface area contributed by atoms with Crippen LogP contribution in [0.2, 0.25) is 0 Å². The number of hydrogen-bond donors (Lipinski definition) is 1. The van der Waals surface area contributed by atoms with Gasteiger partial charge in [-0.1, -0.05) is 60.7 Å². The highest BCUT2D eigenvalue weighted by molar-refractivity contribution is 5.86. The third-order valence-corrected chi connectivity index (χ3v) is 6.19. The fourth-order valence-electron chi connectivity index (χ4n) is 4.59. The van der Waals surface area contributed by atoms with Crippen molar-refractivity contribution >= 4 is 42.9 Å². The lowest BCUT2D eigenvalue weighted by Crippen LogP contribution is -2.48. The maximum absolute atomic E-state index is 9.46. The first-order valence-corrected chi connectivity index (χ1v) is 11.3. The van der Waals surface area contributed by atoms with Gasteiger partial charge in [0.1, 0.15) is 6.07 Å². The van der Waals surface area contributed by atoms with Gasteiger partial charge >= 0.3 is 0 Å². The third kappa shape index (κ3) is 7.83. The third-order valence-electron chi connectivity index (χ3n) is 6.19. The van der Waals surface area contributed by atoms with Crippen molar-refractivity contribution in [3.63, 3.8) is 0 Å². The number of halogens is 3. The predicted octanol–water partition coefficient (Wildman–Crippen LogP) is 5.65. The molecular weight excluding hydrogens is 501 g/mol. The molecular formula is C27H34Cl3N5. The highest BCUT2D eigenvalue weighted by Crippen LogP contribution is 2.29. The van der Waals surface area contributed by atoms with Crippen LogP contribution in [0.3, 0.4) is 0 Å². The van der Waals surface area contributed by atoms with E-state index in [9.17, 15) is 5.26 Å². The molecule has 1 aliphatic heterocycles. The van der Waals surface area contributed by atoms with E-state index in [0.717, 1.165) is 56.3 Å². The molecule has 0 amide bonds. The number of piperazine rings is 1. The van der Waals surface area contributed by atoms with Crippen molar-refractivity contribution in [1.82, 2.24) is 14.8 Å². The van der Waals surface area contributed by atoms with Gasteiger partial charge in [-0.25, -0.2) is 0 Å². The van der Waals surface area contributed by atoms with Crippen LogP contribution in [0.5, 0.6) is 0 Å². The van der Waals surface area contributed by atoms with Crippen LogP contribution < -0.4 is 5.32 Å². The van der Waals surface area contributed by atoms with Crippen LogP contribution >= 0.6 is 37.2 Å². The summed E-state index contributed by atoms with van der Waals surface area (Å²) in [5, 5.41) is 12.9. The summed E-state index contributed by atoms with van der Waals surface area (Å²) in [6.07, 6.45) is 0. The van der Waals surface area contributed by atoms with Gasteiger partial charge < -0.3 is 5.32 Å². The van der Waals surface area contributed by atoms with Gasteiger partial charge in [0.05, 0.1) is 23.0 Å².